The van der Waals surface area contributed by atoms with Gasteiger partial charge in [0.25, 0.3) is 0 Å². The molecular weight excluding hydrogens is 202 g/mol. The van der Waals surface area contributed by atoms with Crippen molar-refractivity contribution in [3.05, 3.63) is 24.5 Å². The molecule has 1 aromatic rings. The van der Waals surface area contributed by atoms with Gasteiger partial charge in [-0.1, -0.05) is 6.58 Å². The van der Waals surface area contributed by atoms with Gasteiger partial charge in [-0.05, 0) is 19.8 Å². The van der Waals surface area contributed by atoms with Gasteiger partial charge in [-0.2, -0.15) is 5.10 Å². The lowest BCUT2D eigenvalue weighted by atomic mass is 9.95. The lowest BCUT2D eigenvalue weighted by molar-refractivity contribution is 0.0278. The quantitative estimate of drug-likeness (QED) is 0.840. The van der Waals surface area contributed by atoms with Crippen LogP contribution in [0.1, 0.15) is 25.3 Å². The van der Waals surface area contributed by atoms with Crippen LogP contribution in [0.4, 0.5) is 0 Å². The molecule has 0 amide bonds. The maximum atomic E-state index is 5.50. The van der Waals surface area contributed by atoms with Crippen LogP contribution in [0.25, 0.3) is 6.20 Å². The predicted molar refractivity (Wildman–Crippen MR) is 63.9 cm³/mol. The van der Waals surface area contributed by atoms with E-state index in [1.165, 1.54) is 12.0 Å². The molecule has 1 fully saturated rings. The van der Waals surface area contributed by atoms with E-state index < -0.39 is 0 Å². The minimum absolute atomic E-state index is 0.106. The van der Waals surface area contributed by atoms with E-state index in [0.29, 0.717) is 0 Å². The smallest absolute Gasteiger partial charge is 0.0645 e. The number of ether oxygens (including phenoxy) is 1. The van der Waals surface area contributed by atoms with Crippen molar-refractivity contribution in [2.45, 2.75) is 31.8 Å². The second kappa shape index (κ2) is 4.80. The molecule has 1 unspecified atom stereocenters. The van der Waals surface area contributed by atoms with E-state index in [2.05, 4.69) is 23.9 Å². The van der Waals surface area contributed by atoms with Crippen molar-refractivity contribution in [1.82, 2.24) is 15.1 Å². The molecular formula is C12H19N3O. The highest BCUT2D eigenvalue weighted by atomic mass is 16.5. The van der Waals surface area contributed by atoms with Gasteiger partial charge in [0.1, 0.15) is 0 Å². The minimum Gasteiger partial charge on any atom is -0.380 e. The zero-order chi connectivity index (χ0) is 11.4. The standard InChI is InChI=1S/C12H19N3O/c1-3-15-9-11(8-14-15)7-13-12(2)5-4-6-16-10-12/h3,8-9,13H,1,4-7,10H2,2H3. The Kier molecular flexibility index (Phi) is 3.41. The average Bonchev–Trinajstić information content (AvgIpc) is 2.75. The number of nitrogens with zero attached hydrogens (tertiary/aromatic N) is 2. The number of aromatic nitrogens is 2. The van der Waals surface area contributed by atoms with Gasteiger partial charge >= 0.3 is 0 Å². The fraction of sp³-hybridized carbons (Fsp3) is 0.583. The Morgan fingerprint density at radius 2 is 2.62 bits per heavy atom. The fourth-order valence-electron chi connectivity index (χ4n) is 1.96. The summed E-state index contributed by atoms with van der Waals surface area (Å²) in [5.74, 6) is 0. The summed E-state index contributed by atoms with van der Waals surface area (Å²) in [5, 5.41) is 7.69. The van der Waals surface area contributed by atoms with Crippen LogP contribution in [0.5, 0.6) is 0 Å². The lowest BCUT2D eigenvalue weighted by Crippen LogP contribution is -2.48. The molecule has 2 heterocycles. The molecule has 4 nitrogen and oxygen atoms in total. The Labute approximate surface area is 96.3 Å². The average molecular weight is 221 g/mol. The van der Waals surface area contributed by atoms with Crippen LogP contribution in [0.2, 0.25) is 0 Å². The van der Waals surface area contributed by atoms with Crippen molar-refractivity contribution in [3.63, 3.8) is 0 Å². The van der Waals surface area contributed by atoms with Crippen LogP contribution in [0.15, 0.2) is 19.0 Å². The molecule has 0 bridgehead atoms. The second-order valence-corrected chi connectivity index (χ2v) is 4.58. The molecule has 0 radical (unpaired) electrons. The van der Waals surface area contributed by atoms with E-state index in [-0.39, 0.29) is 5.54 Å². The van der Waals surface area contributed by atoms with Crippen LogP contribution < -0.4 is 5.32 Å². The molecule has 1 atom stereocenters. The SMILES string of the molecule is C=Cn1cc(CNC2(C)CCCOC2)cn1. The predicted octanol–water partition coefficient (Wildman–Crippen LogP) is 1.64. The summed E-state index contributed by atoms with van der Waals surface area (Å²) >= 11 is 0. The van der Waals surface area contributed by atoms with Gasteiger partial charge in [-0.25, -0.2) is 4.68 Å². The Morgan fingerprint density at radius 1 is 1.75 bits per heavy atom. The summed E-state index contributed by atoms with van der Waals surface area (Å²) in [6, 6.07) is 0. The third-order valence-electron chi connectivity index (χ3n) is 3.00. The van der Waals surface area contributed by atoms with E-state index in [1.54, 1.807) is 10.9 Å². The van der Waals surface area contributed by atoms with Crippen LogP contribution in [0.3, 0.4) is 0 Å². The topological polar surface area (TPSA) is 39.1 Å². The van der Waals surface area contributed by atoms with Gasteiger partial charge in [-0.3, -0.25) is 0 Å². The molecule has 0 saturated carbocycles. The van der Waals surface area contributed by atoms with Crippen molar-refractivity contribution < 1.29 is 4.74 Å². The number of hydrogen-bond donors (Lipinski definition) is 1. The summed E-state index contributed by atoms with van der Waals surface area (Å²) in [6.07, 6.45) is 7.84. The molecule has 0 aliphatic carbocycles. The third-order valence-corrected chi connectivity index (χ3v) is 3.00. The first-order valence-electron chi connectivity index (χ1n) is 5.70. The lowest BCUT2D eigenvalue weighted by Gasteiger charge is -2.34. The third kappa shape index (κ3) is 2.71. The number of nitrogens with one attached hydrogen (secondary N) is 1. The Bertz CT molecular complexity index is 353. The van der Waals surface area contributed by atoms with Crippen LogP contribution in [-0.4, -0.2) is 28.5 Å². The van der Waals surface area contributed by atoms with Crippen LogP contribution in [0, 0.1) is 0 Å². The first-order chi connectivity index (χ1) is 7.72. The van der Waals surface area contributed by atoms with Crippen molar-refractivity contribution in [2.24, 2.45) is 0 Å². The summed E-state index contributed by atoms with van der Waals surface area (Å²) in [6.45, 7) is 8.40. The Balaban J connectivity index is 1.88. The molecule has 1 aliphatic rings. The van der Waals surface area contributed by atoms with E-state index in [0.717, 1.165) is 26.2 Å². The van der Waals surface area contributed by atoms with Crippen LogP contribution in [-0.2, 0) is 11.3 Å². The molecule has 1 N–H and O–H groups in total. The second-order valence-electron chi connectivity index (χ2n) is 4.58. The number of rotatable bonds is 4. The Morgan fingerprint density at radius 3 is 3.25 bits per heavy atom. The van der Waals surface area contributed by atoms with Crippen molar-refractivity contribution in [3.8, 4) is 0 Å². The minimum atomic E-state index is 0.106. The maximum Gasteiger partial charge on any atom is 0.0645 e. The Hall–Kier alpha value is -1.13. The molecule has 1 aliphatic heterocycles. The monoisotopic (exact) mass is 221 g/mol. The highest BCUT2D eigenvalue weighted by Crippen LogP contribution is 2.18. The molecule has 88 valence electrons. The van der Waals surface area contributed by atoms with E-state index in [1.807, 2.05) is 12.4 Å². The molecule has 0 spiro atoms. The fourth-order valence-corrected chi connectivity index (χ4v) is 1.96. The van der Waals surface area contributed by atoms with E-state index >= 15 is 0 Å². The van der Waals surface area contributed by atoms with Crippen molar-refractivity contribution in [2.75, 3.05) is 13.2 Å². The first kappa shape index (κ1) is 11.4. The van der Waals surface area contributed by atoms with Gasteiger partial charge < -0.3 is 10.1 Å². The molecule has 2 rings (SSSR count). The summed E-state index contributed by atoms with van der Waals surface area (Å²) in [4.78, 5) is 0. The molecule has 1 saturated heterocycles. The van der Waals surface area contributed by atoms with Crippen LogP contribution >= 0.6 is 0 Å². The summed E-state index contributed by atoms with van der Waals surface area (Å²) in [5.41, 5.74) is 1.28. The zero-order valence-electron chi connectivity index (χ0n) is 9.78. The largest absolute Gasteiger partial charge is 0.380 e. The first-order valence-corrected chi connectivity index (χ1v) is 5.70. The van der Waals surface area contributed by atoms with Gasteiger partial charge in [0.2, 0.25) is 0 Å². The van der Waals surface area contributed by atoms with Gasteiger partial charge in [0.05, 0.1) is 12.8 Å². The van der Waals surface area contributed by atoms with Crippen molar-refractivity contribution in [1.29, 1.82) is 0 Å². The summed E-state index contributed by atoms with van der Waals surface area (Å²) in [7, 11) is 0. The maximum absolute atomic E-state index is 5.50. The molecule has 4 heteroatoms. The number of hydrogen-bond acceptors (Lipinski definition) is 3. The van der Waals surface area contributed by atoms with E-state index in [4.69, 9.17) is 4.74 Å². The highest BCUT2D eigenvalue weighted by Gasteiger charge is 2.26. The molecule has 0 aromatic carbocycles. The van der Waals surface area contributed by atoms with Gasteiger partial charge in [-0.15, -0.1) is 0 Å². The molecule has 1 aromatic heterocycles. The van der Waals surface area contributed by atoms with E-state index in [9.17, 15) is 0 Å². The van der Waals surface area contributed by atoms with Gasteiger partial charge in [0.15, 0.2) is 0 Å². The highest BCUT2D eigenvalue weighted by molar-refractivity contribution is 5.17. The summed E-state index contributed by atoms with van der Waals surface area (Å²) < 4.78 is 7.22. The van der Waals surface area contributed by atoms with Crippen molar-refractivity contribution >= 4 is 6.20 Å². The zero-order valence-corrected chi connectivity index (χ0v) is 9.78. The molecule has 16 heavy (non-hydrogen) atoms. The normalized spacial score (nSPS) is 25.6. The van der Waals surface area contributed by atoms with Gasteiger partial charge in [0, 0.05) is 36.7 Å².